The largest absolute Gasteiger partial charge is 1.00 e. The quantitative estimate of drug-likeness (QED) is 0.150. The van der Waals surface area contributed by atoms with E-state index in [9.17, 15) is 18.8 Å². The highest BCUT2D eigenvalue weighted by atomic mass is 35.5. The van der Waals surface area contributed by atoms with Gasteiger partial charge in [0.05, 0.1) is 26.6 Å². The molecule has 0 spiro atoms. The van der Waals surface area contributed by atoms with Crippen LogP contribution in [-0.2, 0) is 19.9 Å². The van der Waals surface area contributed by atoms with E-state index in [4.69, 9.17) is 16.3 Å². The minimum Gasteiger partial charge on any atom is -1.00 e. The van der Waals surface area contributed by atoms with Crippen LogP contribution in [0.3, 0.4) is 0 Å². The maximum absolute atomic E-state index is 13.2. The molecule has 0 bridgehead atoms. The zero-order valence-corrected chi connectivity index (χ0v) is 28.6. The number of esters is 1. The van der Waals surface area contributed by atoms with Gasteiger partial charge < -0.3 is 31.8 Å². The summed E-state index contributed by atoms with van der Waals surface area (Å²) in [4.78, 5) is 40.7. The Morgan fingerprint density at radius 2 is 1.53 bits per heavy atom. The molecule has 7 nitrogen and oxygen atoms in total. The van der Waals surface area contributed by atoms with Gasteiger partial charge in [0.15, 0.2) is 12.3 Å². The molecule has 1 heterocycles. The fraction of sp³-hybridized carbons (Fsp3) is 0.571. The molecule has 1 aliphatic heterocycles. The molecular weight excluding hydrogens is 616 g/mol. The molecule has 1 amide bonds. The number of nitrogens with zero attached hydrogens (tertiary/aromatic N) is 2. The Bertz CT molecular complexity index is 1190. The zero-order valence-electron chi connectivity index (χ0n) is 27.1. The predicted molar refractivity (Wildman–Crippen MR) is 173 cm³/mol. The van der Waals surface area contributed by atoms with Gasteiger partial charge in [-0.2, -0.15) is 0 Å². The van der Waals surface area contributed by atoms with Gasteiger partial charge in [0.25, 0.3) is 5.91 Å². The molecule has 0 atom stereocenters. The fourth-order valence-electron chi connectivity index (χ4n) is 5.91. The van der Waals surface area contributed by atoms with Crippen molar-refractivity contribution in [2.45, 2.75) is 77.2 Å². The lowest BCUT2D eigenvalue weighted by Crippen LogP contribution is -3.00. The predicted octanol–water partition coefficient (Wildman–Crippen LogP) is 3.53. The molecule has 1 saturated heterocycles. The Morgan fingerprint density at radius 3 is 2.11 bits per heavy atom. The first-order valence-electron chi connectivity index (χ1n) is 16.2. The Labute approximate surface area is 279 Å². The molecule has 0 aromatic heterocycles. The molecule has 1 N–H and O–H groups in total. The number of carbonyl (C=O) groups excluding carboxylic acids is 3. The van der Waals surface area contributed by atoms with Crippen LogP contribution in [0.1, 0.15) is 87.6 Å². The lowest BCUT2D eigenvalue weighted by Gasteiger charge is -2.41. The number of benzene rings is 2. The van der Waals surface area contributed by atoms with Crippen molar-refractivity contribution >= 4 is 29.3 Å². The van der Waals surface area contributed by atoms with Gasteiger partial charge in [-0.3, -0.25) is 14.4 Å². The second kappa shape index (κ2) is 19.2. The standard InChI is InChI=1S/C35H49ClFN3O4.ClH/c1-4-6-25-40(3,26-7-5-2)27-33(42)38-21-18-34(43)44-35(29-12-14-30(36)15-13-29)19-23-39(24-20-35)22-8-9-32(41)28-10-16-31(37)17-11-28;/h10-17H,4-9,18-27H2,1-3H3;1H. The topological polar surface area (TPSA) is 75.7 Å². The molecule has 2 aromatic rings. The number of ketones is 1. The van der Waals surface area contributed by atoms with Crippen LogP contribution in [-0.4, -0.2) is 79.9 Å². The van der Waals surface area contributed by atoms with E-state index in [0.29, 0.717) is 60.4 Å². The van der Waals surface area contributed by atoms with Crippen molar-refractivity contribution in [1.29, 1.82) is 0 Å². The molecule has 3 rings (SSSR count). The van der Waals surface area contributed by atoms with E-state index in [-0.39, 0.29) is 48.8 Å². The molecule has 1 fully saturated rings. The Morgan fingerprint density at radius 1 is 0.933 bits per heavy atom. The van der Waals surface area contributed by atoms with Crippen LogP contribution in [0.4, 0.5) is 4.39 Å². The lowest BCUT2D eigenvalue weighted by atomic mass is 9.84. The van der Waals surface area contributed by atoms with E-state index in [1.165, 1.54) is 24.3 Å². The first kappa shape index (κ1) is 38.7. The van der Waals surface area contributed by atoms with E-state index in [1.807, 2.05) is 24.3 Å². The number of carbonyl (C=O) groups is 3. The fourth-order valence-corrected chi connectivity index (χ4v) is 6.04. The van der Waals surface area contributed by atoms with E-state index in [0.717, 1.165) is 50.9 Å². The monoisotopic (exact) mass is 665 g/mol. The van der Waals surface area contributed by atoms with Gasteiger partial charge in [-0.25, -0.2) is 4.39 Å². The maximum atomic E-state index is 13.2. The number of quaternary nitrogens is 1. The molecule has 0 saturated carbocycles. The van der Waals surface area contributed by atoms with Gasteiger partial charge in [0.1, 0.15) is 11.4 Å². The van der Waals surface area contributed by atoms with Crippen LogP contribution in [0.25, 0.3) is 0 Å². The number of amides is 1. The second-order valence-electron chi connectivity index (χ2n) is 12.4. The van der Waals surface area contributed by atoms with Crippen LogP contribution in [0.5, 0.6) is 0 Å². The summed E-state index contributed by atoms with van der Waals surface area (Å²) < 4.78 is 20.1. The highest BCUT2D eigenvalue weighted by Crippen LogP contribution is 2.38. The van der Waals surface area contributed by atoms with Gasteiger partial charge in [-0.1, -0.05) is 50.4 Å². The summed E-state index contributed by atoms with van der Waals surface area (Å²) in [5.41, 5.74) is 0.656. The third kappa shape index (κ3) is 12.7. The third-order valence-corrected chi connectivity index (χ3v) is 8.92. The maximum Gasteiger partial charge on any atom is 0.308 e. The summed E-state index contributed by atoms with van der Waals surface area (Å²) in [6.45, 7) is 9.09. The lowest BCUT2D eigenvalue weighted by molar-refractivity contribution is -0.902. The molecular formula is C35H50Cl2FN3O4. The average molecular weight is 667 g/mol. The van der Waals surface area contributed by atoms with Crippen molar-refractivity contribution in [2.75, 3.05) is 52.9 Å². The summed E-state index contributed by atoms with van der Waals surface area (Å²) in [6, 6.07) is 13.1. The third-order valence-electron chi connectivity index (χ3n) is 8.67. The minimum atomic E-state index is -0.776. The van der Waals surface area contributed by atoms with Crippen molar-refractivity contribution in [3.05, 3.63) is 70.5 Å². The number of likely N-dealkylation sites (N-methyl/N-ethyl adjacent to an activating group) is 1. The summed E-state index contributed by atoms with van der Waals surface area (Å²) in [7, 11) is 2.14. The van der Waals surface area contributed by atoms with E-state index >= 15 is 0 Å². The second-order valence-corrected chi connectivity index (χ2v) is 12.8. The number of hydrogen-bond donors (Lipinski definition) is 1. The molecule has 0 unspecified atom stereocenters. The molecule has 10 heteroatoms. The Kier molecular flexibility index (Phi) is 16.5. The van der Waals surface area contributed by atoms with Crippen molar-refractivity contribution in [3.63, 3.8) is 0 Å². The summed E-state index contributed by atoms with van der Waals surface area (Å²) >= 11 is 6.16. The van der Waals surface area contributed by atoms with Crippen LogP contribution < -0.4 is 17.7 Å². The molecule has 45 heavy (non-hydrogen) atoms. The zero-order chi connectivity index (χ0) is 32.0. The minimum absolute atomic E-state index is 0. The van der Waals surface area contributed by atoms with Crippen LogP contribution >= 0.6 is 11.6 Å². The van der Waals surface area contributed by atoms with Gasteiger partial charge in [-0.05, 0) is 67.8 Å². The number of rotatable bonds is 18. The summed E-state index contributed by atoms with van der Waals surface area (Å²) in [5, 5.41) is 3.56. The number of nitrogens with one attached hydrogen (secondary N) is 1. The number of halogens is 3. The van der Waals surface area contributed by atoms with Crippen LogP contribution in [0.15, 0.2) is 48.5 Å². The SMILES string of the molecule is CCCC[N+](C)(CCCC)CC(=O)NCCC(=O)OC1(c2ccc(Cl)cc2)CCN(CCCC(=O)c2ccc(F)cc2)CC1.[Cl-]. The van der Waals surface area contributed by atoms with Crippen LogP contribution in [0.2, 0.25) is 5.02 Å². The summed E-state index contributed by atoms with van der Waals surface area (Å²) in [5.74, 6) is -0.727. The first-order chi connectivity index (χ1) is 21.1. The molecule has 0 radical (unpaired) electrons. The van der Waals surface area contributed by atoms with Crippen molar-refractivity contribution in [2.24, 2.45) is 0 Å². The van der Waals surface area contributed by atoms with Crippen molar-refractivity contribution in [3.8, 4) is 0 Å². The van der Waals surface area contributed by atoms with E-state index in [2.05, 4.69) is 31.1 Å². The van der Waals surface area contributed by atoms with Gasteiger partial charge in [0, 0.05) is 49.5 Å². The average Bonchev–Trinajstić information content (AvgIpc) is 3.00. The number of hydrogen-bond acceptors (Lipinski definition) is 5. The number of piperidine rings is 1. The Hall–Kier alpha value is -2.52. The molecule has 2 aromatic carbocycles. The van der Waals surface area contributed by atoms with E-state index < -0.39 is 5.60 Å². The number of Topliss-reactive ketones (excluding diaryl/α,β-unsaturated/α-hetero) is 1. The highest BCUT2D eigenvalue weighted by Gasteiger charge is 2.40. The van der Waals surface area contributed by atoms with Crippen molar-refractivity contribution < 1.29 is 40.4 Å². The van der Waals surface area contributed by atoms with E-state index in [1.54, 1.807) is 0 Å². The van der Waals surface area contributed by atoms with Gasteiger partial charge in [-0.15, -0.1) is 0 Å². The molecule has 0 aliphatic carbocycles. The first-order valence-corrected chi connectivity index (χ1v) is 16.5. The molecule has 250 valence electrons. The molecule has 1 aliphatic rings. The Balaban J connectivity index is 0.00000705. The van der Waals surface area contributed by atoms with Gasteiger partial charge in [0.2, 0.25) is 0 Å². The van der Waals surface area contributed by atoms with Crippen LogP contribution in [0, 0.1) is 5.82 Å². The number of ether oxygens (including phenoxy) is 1. The normalized spacial score (nSPS) is 14.8. The number of likely N-dealkylation sites (tertiary alicyclic amines) is 1. The van der Waals surface area contributed by atoms with Crippen molar-refractivity contribution in [1.82, 2.24) is 10.2 Å². The summed E-state index contributed by atoms with van der Waals surface area (Å²) in [6.07, 6.45) is 6.76. The van der Waals surface area contributed by atoms with Gasteiger partial charge >= 0.3 is 5.97 Å². The smallest absolute Gasteiger partial charge is 0.308 e. The highest BCUT2D eigenvalue weighted by molar-refractivity contribution is 6.30. The number of unbranched alkanes of at least 4 members (excludes halogenated alkanes) is 2.